The van der Waals surface area contributed by atoms with Crippen molar-refractivity contribution >= 4 is 27.5 Å². The maximum Gasteiger partial charge on any atom is 0.0417 e. The molecule has 0 bridgehead atoms. The van der Waals surface area contributed by atoms with Gasteiger partial charge in [0.05, 0.1) is 0 Å². The number of halogens is 2. The van der Waals surface area contributed by atoms with Crippen LogP contribution < -0.4 is 5.73 Å². The van der Waals surface area contributed by atoms with Crippen molar-refractivity contribution in [3.8, 4) is 0 Å². The number of hydrogen-bond acceptors (Lipinski definition) is 1. The minimum atomic E-state index is 0.0895. The fourth-order valence-electron chi connectivity index (χ4n) is 1.82. The lowest BCUT2D eigenvalue weighted by Crippen LogP contribution is -2.20. The van der Waals surface area contributed by atoms with Crippen molar-refractivity contribution in [1.82, 2.24) is 0 Å². The molecule has 0 aliphatic carbocycles. The van der Waals surface area contributed by atoms with E-state index in [1.807, 2.05) is 18.2 Å². The maximum absolute atomic E-state index is 6.24. The second kappa shape index (κ2) is 5.88. The summed E-state index contributed by atoms with van der Waals surface area (Å²) in [5.74, 6) is 0.530. The van der Waals surface area contributed by atoms with Crippen LogP contribution in [0.15, 0.2) is 22.7 Å². The van der Waals surface area contributed by atoms with Gasteiger partial charge in [0.15, 0.2) is 0 Å². The van der Waals surface area contributed by atoms with Crippen LogP contribution in [0.3, 0.4) is 0 Å². The van der Waals surface area contributed by atoms with Crippen LogP contribution in [0.5, 0.6) is 0 Å². The van der Waals surface area contributed by atoms with Gasteiger partial charge in [0.2, 0.25) is 0 Å². The number of nitrogens with two attached hydrogens (primary N) is 1. The molecule has 1 unspecified atom stereocenters. The zero-order valence-corrected chi connectivity index (χ0v) is 11.5. The molecule has 0 aromatic heterocycles. The molecule has 1 rings (SSSR count). The predicted octanol–water partition coefficient (Wildman–Crippen LogP) is 4.54. The lowest BCUT2D eigenvalue weighted by atomic mass is 9.90. The van der Waals surface area contributed by atoms with Gasteiger partial charge in [-0.05, 0) is 23.6 Å². The SMILES string of the molecule is CCC(CC)C(N)c1ccc(Cl)cc1Br. The molecular weight excluding hydrogens is 273 g/mol. The molecule has 2 N–H and O–H groups in total. The summed E-state index contributed by atoms with van der Waals surface area (Å²) in [7, 11) is 0. The Labute approximate surface area is 105 Å². The highest BCUT2D eigenvalue weighted by Gasteiger charge is 2.18. The van der Waals surface area contributed by atoms with E-state index in [0.717, 1.165) is 27.9 Å². The first kappa shape index (κ1) is 13.0. The van der Waals surface area contributed by atoms with E-state index in [2.05, 4.69) is 29.8 Å². The zero-order chi connectivity index (χ0) is 11.4. The molecule has 0 amide bonds. The van der Waals surface area contributed by atoms with Gasteiger partial charge in [-0.3, -0.25) is 0 Å². The highest BCUT2D eigenvalue weighted by atomic mass is 79.9. The van der Waals surface area contributed by atoms with Crippen LogP contribution in [0.1, 0.15) is 38.3 Å². The lowest BCUT2D eigenvalue weighted by Gasteiger charge is -2.22. The predicted molar refractivity (Wildman–Crippen MR) is 70.2 cm³/mol. The summed E-state index contributed by atoms with van der Waals surface area (Å²) in [5, 5.41) is 0.738. The fraction of sp³-hybridized carbons (Fsp3) is 0.500. The average molecular weight is 291 g/mol. The van der Waals surface area contributed by atoms with Crippen molar-refractivity contribution in [3.05, 3.63) is 33.3 Å². The Bertz CT molecular complexity index is 323. The van der Waals surface area contributed by atoms with Gasteiger partial charge in [-0.25, -0.2) is 0 Å². The Hall–Kier alpha value is -0.0500. The molecule has 0 fully saturated rings. The monoisotopic (exact) mass is 289 g/mol. The molecule has 0 spiro atoms. The summed E-state index contributed by atoms with van der Waals surface area (Å²) in [5.41, 5.74) is 7.38. The molecule has 0 saturated heterocycles. The lowest BCUT2D eigenvalue weighted by molar-refractivity contribution is 0.404. The zero-order valence-electron chi connectivity index (χ0n) is 9.13. The van der Waals surface area contributed by atoms with Crippen LogP contribution in [0, 0.1) is 5.92 Å². The minimum Gasteiger partial charge on any atom is -0.324 e. The van der Waals surface area contributed by atoms with Gasteiger partial charge in [0.25, 0.3) is 0 Å². The summed E-state index contributed by atoms with van der Waals surface area (Å²) in [6.07, 6.45) is 2.21. The van der Waals surface area contributed by atoms with Crippen molar-refractivity contribution in [3.63, 3.8) is 0 Å². The second-order valence-electron chi connectivity index (χ2n) is 3.77. The van der Waals surface area contributed by atoms with Crippen LogP contribution in [-0.4, -0.2) is 0 Å². The molecule has 1 aromatic rings. The van der Waals surface area contributed by atoms with Crippen LogP contribution in [0.25, 0.3) is 0 Å². The normalized spacial score (nSPS) is 13.2. The standard InChI is InChI=1S/C12H17BrClN/c1-3-8(4-2)12(15)10-6-5-9(14)7-11(10)13/h5-8,12H,3-4,15H2,1-2H3. The van der Waals surface area contributed by atoms with Crippen molar-refractivity contribution in [2.75, 3.05) is 0 Å². The van der Waals surface area contributed by atoms with E-state index in [0.29, 0.717) is 5.92 Å². The molecule has 0 heterocycles. The highest BCUT2D eigenvalue weighted by molar-refractivity contribution is 9.10. The summed E-state index contributed by atoms with van der Waals surface area (Å²) in [6.45, 7) is 4.36. The van der Waals surface area contributed by atoms with Gasteiger partial charge < -0.3 is 5.73 Å². The first-order valence-electron chi connectivity index (χ1n) is 5.30. The topological polar surface area (TPSA) is 26.0 Å². The molecule has 0 saturated carbocycles. The number of benzene rings is 1. The van der Waals surface area contributed by atoms with Crippen LogP contribution in [-0.2, 0) is 0 Å². The van der Waals surface area contributed by atoms with Crippen LogP contribution in [0.4, 0.5) is 0 Å². The quantitative estimate of drug-likeness (QED) is 0.865. The smallest absolute Gasteiger partial charge is 0.0417 e. The molecule has 15 heavy (non-hydrogen) atoms. The van der Waals surface area contributed by atoms with Crippen molar-refractivity contribution in [2.24, 2.45) is 11.7 Å². The Kier molecular flexibility index (Phi) is 5.10. The van der Waals surface area contributed by atoms with E-state index in [9.17, 15) is 0 Å². The molecule has 0 aliphatic rings. The third kappa shape index (κ3) is 3.20. The van der Waals surface area contributed by atoms with Crippen molar-refractivity contribution in [1.29, 1.82) is 0 Å². The molecular formula is C12H17BrClN. The first-order valence-corrected chi connectivity index (χ1v) is 6.47. The van der Waals surface area contributed by atoms with E-state index < -0.39 is 0 Å². The largest absolute Gasteiger partial charge is 0.324 e. The van der Waals surface area contributed by atoms with E-state index in [1.54, 1.807) is 0 Å². The third-order valence-corrected chi connectivity index (χ3v) is 3.80. The first-order chi connectivity index (χ1) is 7.10. The highest BCUT2D eigenvalue weighted by Crippen LogP contribution is 2.31. The number of hydrogen-bond donors (Lipinski definition) is 1. The Balaban J connectivity index is 2.94. The van der Waals surface area contributed by atoms with Gasteiger partial charge >= 0.3 is 0 Å². The fourth-order valence-corrected chi connectivity index (χ4v) is 2.77. The number of rotatable bonds is 4. The molecule has 1 aromatic carbocycles. The van der Waals surface area contributed by atoms with E-state index in [1.165, 1.54) is 0 Å². The van der Waals surface area contributed by atoms with Crippen LogP contribution in [0.2, 0.25) is 5.02 Å². The van der Waals surface area contributed by atoms with Gasteiger partial charge in [-0.2, -0.15) is 0 Å². The maximum atomic E-state index is 6.24. The minimum absolute atomic E-state index is 0.0895. The summed E-state index contributed by atoms with van der Waals surface area (Å²) >= 11 is 9.41. The second-order valence-corrected chi connectivity index (χ2v) is 5.06. The van der Waals surface area contributed by atoms with Gasteiger partial charge in [-0.1, -0.05) is 60.3 Å². The Morgan fingerprint density at radius 1 is 1.33 bits per heavy atom. The average Bonchev–Trinajstić information content (AvgIpc) is 2.19. The Morgan fingerprint density at radius 3 is 2.40 bits per heavy atom. The van der Waals surface area contributed by atoms with Gasteiger partial charge in [0.1, 0.15) is 0 Å². The van der Waals surface area contributed by atoms with Crippen molar-refractivity contribution in [2.45, 2.75) is 32.7 Å². The molecule has 3 heteroatoms. The summed E-state index contributed by atoms with van der Waals surface area (Å²) in [4.78, 5) is 0. The van der Waals surface area contributed by atoms with E-state index in [4.69, 9.17) is 17.3 Å². The molecule has 0 aliphatic heterocycles. The molecule has 0 radical (unpaired) electrons. The molecule has 84 valence electrons. The third-order valence-electron chi connectivity index (χ3n) is 2.88. The van der Waals surface area contributed by atoms with E-state index >= 15 is 0 Å². The van der Waals surface area contributed by atoms with Gasteiger partial charge in [-0.15, -0.1) is 0 Å². The van der Waals surface area contributed by atoms with Crippen LogP contribution >= 0.6 is 27.5 Å². The molecule has 1 nitrogen and oxygen atoms in total. The summed E-state index contributed by atoms with van der Waals surface area (Å²) in [6, 6.07) is 5.89. The van der Waals surface area contributed by atoms with Gasteiger partial charge in [0, 0.05) is 15.5 Å². The molecule has 1 atom stereocenters. The Morgan fingerprint density at radius 2 is 1.93 bits per heavy atom. The van der Waals surface area contributed by atoms with Crippen molar-refractivity contribution < 1.29 is 0 Å². The summed E-state index contributed by atoms with van der Waals surface area (Å²) < 4.78 is 1.01. The van der Waals surface area contributed by atoms with E-state index in [-0.39, 0.29) is 6.04 Å².